The molecule has 5 heteroatoms. The Morgan fingerprint density at radius 2 is 1.58 bits per heavy atom. The van der Waals surface area contributed by atoms with Gasteiger partial charge in [-0.05, 0) is 23.1 Å². The lowest BCUT2D eigenvalue weighted by atomic mass is 9.87. The Morgan fingerprint density at radius 3 is 2.08 bits per heavy atom. The van der Waals surface area contributed by atoms with Crippen molar-refractivity contribution >= 4 is 23.2 Å². The molecule has 0 fully saturated rings. The summed E-state index contributed by atoms with van der Waals surface area (Å²) in [5.41, 5.74) is 2.29. The molecule has 0 radical (unpaired) electrons. The highest BCUT2D eigenvalue weighted by molar-refractivity contribution is 6.32. The molecule has 0 spiro atoms. The lowest BCUT2D eigenvalue weighted by Crippen LogP contribution is -2.15. The van der Waals surface area contributed by atoms with Gasteiger partial charge in [0.05, 0.1) is 24.9 Å². The summed E-state index contributed by atoms with van der Waals surface area (Å²) in [6, 6.07) is 10.8. The predicted octanol–water partition coefficient (Wildman–Crippen LogP) is 4.91. The number of hydrogen-bond donors (Lipinski definition) is 1. The molecule has 0 heterocycles. The molecule has 4 nitrogen and oxygen atoms in total. The molecule has 1 N–H and O–H groups in total. The fourth-order valence-electron chi connectivity index (χ4n) is 2.27. The van der Waals surface area contributed by atoms with Crippen LogP contribution in [0.2, 0.25) is 5.02 Å². The van der Waals surface area contributed by atoms with Crippen LogP contribution in [-0.2, 0) is 5.41 Å². The van der Waals surface area contributed by atoms with Gasteiger partial charge in [0.1, 0.15) is 11.5 Å². The maximum atomic E-state index is 12.5. The second kappa shape index (κ2) is 7.14. The van der Waals surface area contributed by atoms with Crippen LogP contribution < -0.4 is 14.8 Å². The van der Waals surface area contributed by atoms with Crippen LogP contribution in [0.25, 0.3) is 0 Å². The zero-order valence-electron chi connectivity index (χ0n) is 14.6. The standard InChI is InChI=1S/C19H22ClNO3/c1-19(2,3)13-8-6-12(7-9-13)18(22)21-15-11-16(23-4)14(20)10-17(15)24-5/h6-11H,1-5H3,(H,21,22). The van der Waals surface area contributed by atoms with Gasteiger partial charge >= 0.3 is 0 Å². The number of rotatable bonds is 4. The van der Waals surface area contributed by atoms with E-state index in [4.69, 9.17) is 21.1 Å². The molecule has 24 heavy (non-hydrogen) atoms. The van der Waals surface area contributed by atoms with Gasteiger partial charge in [-0.15, -0.1) is 0 Å². The molecule has 0 unspecified atom stereocenters. The molecule has 2 rings (SSSR count). The van der Waals surface area contributed by atoms with Crippen LogP contribution in [0.5, 0.6) is 11.5 Å². The van der Waals surface area contributed by atoms with Crippen LogP contribution in [-0.4, -0.2) is 20.1 Å². The first-order valence-electron chi connectivity index (χ1n) is 7.59. The zero-order valence-corrected chi connectivity index (χ0v) is 15.3. The molecule has 0 aliphatic heterocycles. The largest absolute Gasteiger partial charge is 0.495 e. The van der Waals surface area contributed by atoms with Crippen molar-refractivity contribution in [3.63, 3.8) is 0 Å². The molecule has 128 valence electrons. The monoisotopic (exact) mass is 347 g/mol. The maximum Gasteiger partial charge on any atom is 0.255 e. The summed E-state index contributed by atoms with van der Waals surface area (Å²) in [6.07, 6.45) is 0. The fourth-order valence-corrected chi connectivity index (χ4v) is 2.51. The first-order chi connectivity index (χ1) is 11.3. The topological polar surface area (TPSA) is 47.6 Å². The summed E-state index contributed by atoms with van der Waals surface area (Å²) >= 11 is 6.08. The van der Waals surface area contributed by atoms with E-state index in [1.807, 2.05) is 24.3 Å². The summed E-state index contributed by atoms with van der Waals surface area (Å²) in [4.78, 5) is 12.5. The molecule has 0 atom stereocenters. The first kappa shape index (κ1) is 18.1. The van der Waals surface area contributed by atoms with E-state index in [0.29, 0.717) is 27.8 Å². The first-order valence-corrected chi connectivity index (χ1v) is 7.97. The summed E-state index contributed by atoms with van der Waals surface area (Å²) in [6.45, 7) is 6.40. The Balaban J connectivity index is 2.26. The lowest BCUT2D eigenvalue weighted by Gasteiger charge is -2.19. The smallest absolute Gasteiger partial charge is 0.255 e. The number of halogens is 1. The van der Waals surface area contributed by atoms with Crippen molar-refractivity contribution in [2.75, 3.05) is 19.5 Å². The van der Waals surface area contributed by atoms with E-state index in [1.54, 1.807) is 12.1 Å². The van der Waals surface area contributed by atoms with Gasteiger partial charge in [0, 0.05) is 17.7 Å². The van der Waals surface area contributed by atoms with Crippen molar-refractivity contribution in [2.45, 2.75) is 26.2 Å². The molecule has 2 aromatic carbocycles. The van der Waals surface area contributed by atoms with E-state index in [-0.39, 0.29) is 11.3 Å². The molecule has 0 saturated carbocycles. The lowest BCUT2D eigenvalue weighted by molar-refractivity contribution is 0.102. The van der Waals surface area contributed by atoms with Gasteiger partial charge in [-0.25, -0.2) is 0 Å². The third-order valence-corrected chi connectivity index (χ3v) is 4.03. The van der Waals surface area contributed by atoms with Crippen molar-refractivity contribution in [3.05, 3.63) is 52.5 Å². The minimum atomic E-state index is -0.224. The highest BCUT2D eigenvalue weighted by atomic mass is 35.5. The quantitative estimate of drug-likeness (QED) is 0.855. The van der Waals surface area contributed by atoms with Gasteiger partial charge < -0.3 is 14.8 Å². The third-order valence-electron chi connectivity index (χ3n) is 3.74. The normalized spacial score (nSPS) is 11.1. The summed E-state index contributed by atoms with van der Waals surface area (Å²) in [7, 11) is 3.04. The number of nitrogens with one attached hydrogen (secondary N) is 1. The minimum absolute atomic E-state index is 0.0434. The Labute approximate surface area is 147 Å². The molecule has 0 bridgehead atoms. The van der Waals surface area contributed by atoms with Crippen molar-refractivity contribution in [1.82, 2.24) is 0 Å². The second-order valence-corrected chi connectivity index (χ2v) is 6.88. The van der Waals surface area contributed by atoms with Crippen molar-refractivity contribution in [2.24, 2.45) is 0 Å². The predicted molar refractivity (Wildman–Crippen MR) is 97.7 cm³/mol. The highest BCUT2D eigenvalue weighted by Gasteiger charge is 2.16. The Morgan fingerprint density at radius 1 is 1.00 bits per heavy atom. The number of methoxy groups -OCH3 is 2. The summed E-state index contributed by atoms with van der Waals surface area (Å²) in [5.74, 6) is 0.717. The Hall–Kier alpha value is -2.20. The van der Waals surface area contributed by atoms with Crippen LogP contribution >= 0.6 is 11.6 Å². The summed E-state index contributed by atoms with van der Waals surface area (Å²) < 4.78 is 10.5. The second-order valence-electron chi connectivity index (χ2n) is 6.47. The Bertz CT molecular complexity index is 734. The molecular formula is C19H22ClNO3. The minimum Gasteiger partial charge on any atom is -0.495 e. The van der Waals surface area contributed by atoms with Crippen LogP contribution in [0.4, 0.5) is 5.69 Å². The number of carbonyl (C=O) groups is 1. The zero-order chi connectivity index (χ0) is 17.9. The van der Waals surface area contributed by atoms with Gasteiger partial charge in [-0.2, -0.15) is 0 Å². The molecule has 0 aliphatic carbocycles. The van der Waals surface area contributed by atoms with Gasteiger partial charge in [0.2, 0.25) is 0 Å². The van der Waals surface area contributed by atoms with Gasteiger partial charge in [-0.1, -0.05) is 44.5 Å². The molecular weight excluding hydrogens is 326 g/mol. The SMILES string of the molecule is COc1cc(NC(=O)c2ccc(C(C)(C)C)cc2)c(OC)cc1Cl. The summed E-state index contributed by atoms with van der Waals surface area (Å²) in [5, 5.41) is 3.25. The average Bonchev–Trinajstić information content (AvgIpc) is 2.55. The Kier molecular flexibility index (Phi) is 5.40. The number of benzene rings is 2. The van der Waals surface area contributed by atoms with Gasteiger partial charge in [0.25, 0.3) is 5.91 Å². The van der Waals surface area contributed by atoms with E-state index in [9.17, 15) is 4.79 Å². The number of hydrogen-bond acceptors (Lipinski definition) is 3. The van der Waals surface area contributed by atoms with Crippen molar-refractivity contribution in [3.8, 4) is 11.5 Å². The van der Waals surface area contributed by atoms with Crippen LogP contribution in [0.15, 0.2) is 36.4 Å². The molecule has 0 aromatic heterocycles. The molecule has 0 aliphatic rings. The van der Waals surface area contributed by atoms with Crippen molar-refractivity contribution in [1.29, 1.82) is 0 Å². The van der Waals surface area contributed by atoms with Gasteiger partial charge in [0.15, 0.2) is 0 Å². The number of anilines is 1. The molecule has 1 amide bonds. The number of carbonyl (C=O) groups excluding carboxylic acids is 1. The fraction of sp³-hybridized carbons (Fsp3) is 0.316. The van der Waals surface area contributed by atoms with E-state index < -0.39 is 0 Å². The number of amides is 1. The van der Waals surface area contributed by atoms with E-state index >= 15 is 0 Å². The van der Waals surface area contributed by atoms with E-state index in [0.717, 1.165) is 0 Å². The van der Waals surface area contributed by atoms with Crippen LogP contribution in [0.1, 0.15) is 36.7 Å². The molecule has 0 saturated heterocycles. The van der Waals surface area contributed by atoms with E-state index in [2.05, 4.69) is 26.1 Å². The van der Waals surface area contributed by atoms with Gasteiger partial charge in [-0.3, -0.25) is 4.79 Å². The van der Waals surface area contributed by atoms with Crippen LogP contribution in [0, 0.1) is 0 Å². The molecule has 2 aromatic rings. The average molecular weight is 348 g/mol. The van der Waals surface area contributed by atoms with Crippen molar-refractivity contribution < 1.29 is 14.3 Å². The third kappa shape index (κ3) is 4.01. The number of ether oxygens (including phenoxy) is 2. The van der Waals surface area contributed by atoms with E-state index in [1.165, 1.54) is 19.8 Å². The maximum absolute atomic E-state index is 12.5. The highest BCUT2D eigenvalue weighted by Crippen LogP contribution is 2.36. The van der Waals surface area contributed by atoms with Crippen LogP contribution in [0.3, 0.4) is 0 Å².